The van der Waals surface area contributed by atoms with Gasteiger partial charge in [-0.1, -0.05) is 231 Å². The molecule has 1 rings (SSSR count). The second kappa shape index (κ2) is 42.3. The molecule has 1 saturated heterocycles. The largest absolute Gasteiger partial charge is 0.394 e. The fourth-order valence-electron chi connectivity index (χ4n) is 8.36. The Hall–Kier alpha value is -1.37. The van der Waals surface area contributed by atoms with E-state index in [4.69, 9.17) is 9.47 Å². The van der Waals surface area contributed by atoms with Crippen molar-refractivity contribution in [3.8, 4) is 0 Å². The third-order valence-electron chi connectivity index (χ3n) is 12.6. The van der Waals surface area contributed by atoms with E-state index < -0.39 is 61.5 Å². The zero-order valence-electron chi connectivity index (χ0n) is 40.0. The molecular weight excluding hydrogens is 783 g/mol. The molecule has 8 unspecified atom stereocenters. The summed E-state index contributed by atoms with van der Waals surface area (Å²) in [4.78, 5) is 13.1. The Morgan fingerprint density at radius 3 is 1.40 bits per heavy atom. The lowest BCUT2D eigenvalue weighted by Gasteiger charge is -2.40. The summed E-state index contributed by atoms with van der Waals surface area (Å²) < 4.78 is 11.1. The first-order valence-corrected chi connectivity index (χ1v) is 26.2. The van der Waals surface area contributed by atoms with Crippen molar-refractivity contribution >= 4 is 5.91 Å². The van der Waals surface area contributed by atoms with Crippen LogP contribution in [0.25, 0.3) is 0 Å². The van der Waals surface area contributed by atoms with E-state index >= 15 is 0 Å². The van der Waals surface area contributed by atoms with E-state index in [1.54, 1.807) is 6.08 Å². The van der Waals surface area contributed by atoms with E-state index in [-0.39, 0.29) is 6.61 Å². The van der Waals surface area contributed by atoms with Gasteiger partial charge in [-0.15, -0.1) is 0 Å². The highest BCUT2D eigenvalue weighted by atomic mass is 16.7. The highest BCUT2D eigenvalue weighted by molar-refractivity contribution is 5.80. The Morgan fingerprint density at radius 2 is 0.952 bits per heavy atom. The number of carbonyl (C=O) groups is 1. The second-order valence-electron chi connectivity index (χ2n) is 18.5. The van der Waals surface area contributed by atoms with E-state index in [9.17, 15) is 35.4 Å². The van der Waals surface area contributed by atoms with E-state index in [1.807, 2.05) is 6.08 Å². The maximum atomic E-state index is 13.1. The van der Waals surface area contributed by atoms with Crippen molar-refractivity contribution in [2.75, 3.05) is 13.2 Å². The molecule has 0 aromatic carbocycles. The maximum absolute atomic E-state index is 13.1. The maximum Gasteiger partial charge on any atom is 0.249 e. The third kappa shape index (κ3) is 31.5. The highest BCUT2D eigenvalue weighted by Gasteiger charge is 2.44. The molecule has 1 fully saturated rings. The molecule has 0 aliphatic carbocycles. The van der Waals surface area contributed by atoms with Gasteiger partial charge in [0.15, 0.2) is 6.29 Å². The summed E-state index contributed by atoms with van der Waals surface area (Å²) in [5.74, 6) is -0.622. The number of rotatable bonds is 44. The van der Waals surface area contributed by atoms with Gasteiger partial charge in [0.1, 0.15) is 30.5 Å². The average molecular weight is 882 g/mol. The van der Waals surface area contributed by atoms with Crippen LogP contribution in [0.3, 0.4) is 0 Å². The molecule has 0 radical (unpaired) electrons. The summed E-state index contributed by atoms with van der Waals surface area (Å²) in [6, 6.07) is -0.993. The van der Waals surface area contributed by atoms with Gasteiger partial charge in [-0.3, -0.25) is 4.79 Å². The minimum absolute atomic E-state index is 0.308. The number of nitrogens with one attached hydrogen (secondary N) is 1. The first-order chi connectivity index (χ1) is 30.3. The minimum atomic E-state index is -1.61. The van der Waals surface area contributed by atoms with Gasteiger partial charge in [-0.25, -0.2) is 0 Å². The lowest BCUT2D eigenvalue weighted by Crippen LogP contribution is -2.60. The van der Waals surface area contributed by atoms with Crippen LogP contribution in [0.2, 0.25) is 0 Å². The van der Waals surface area contributed by atoms with Crippen molar-refractivity contribution < 1.29 is 44.9 Å². The normalized spacial score (nSPS) is 20.9. The van der Waals surface area contributed by atoms with Crippen molar-refractivity contribution in [2.24, 2.45) is 0 Å². The molecule has 8 atom stereocenters. The first-order valence-electron chi connectivity index (χ1n) is 26.2. The van der Waals surface area contributed by atoms with Crippen LogP contribution in [0, 0.1) is 0 Å². The van der Waals surface area contributed by atoms with Crippen LogP contribution >= 0.6 is 0 Å². The van der Waals surface area contributed by atoms with Crippen molar-refractivity contribution in [2.45, 2.75) is 288 Å². The van der Waals surface area contributed by atoms with Gasteiger partial charge in [0.25, 0.3) is 0 Å². The van der Waals surface area contributed by atoms with Crippen LogP contribution in [-0.2, 0) is 14.3 Å². The molecule has 0 aromatic heterocycles. The molecule has 366 valence electrons. The molecule has 1 amide bonds. The van der Waals surface area contributed by atoms with Gasteiger partial charge in [0.2, 0.25) is 5.91 Å². The Kier molecular flexibility index (Phi) is 40.0. The fraction of sp³-hybridized carbons (Fsp3) is 0.904. The van der Waals surface area contributed by atoms with Crippen LogP contribution < -0.4 is 5.32 Å². The molecule has 0 bridgehead atoms. The van der Waals surface area contributed by atoms with Crippen LogP contribution in [0.4, 0.5) is 0 Å². The molecule has 1 aliphatic rings. The van der Waals surface area contributed by atoms with Crippen LogP contribution in [-0.4, -0.2) is 98.7 Å². The first kappa shape index (κ1) is 58.6. The average Bonchev–Trinajstić information content (AvgIpc) is 3.27. The van der Waals surface area contributed by atoms with Crippen LogP contribution in [0.1, 0.15) is 239 Å². The van der Waals surface area contributed by atoms with Gasteiger partial charge in [0.05, 0.1) is 25.4 Å². The monoisotopic (exact) mass is 882 g/mol. The highest BCUT2D eigenvalue weighted by Crippen LogP contribution is 2.23. The lowest BCUT2D eigenvalue weighted by atomic mass is 9.99. The predicted octanol–water partition coefficient (Wildman–Crippen LogP) is 10.8. The minimum Gasteiger partial charge on any atom is -0.394 e. The molecule has 62 heavy (non-hydrogen) atoms. The van der Waals surface area contributed by atoms with Crippen molar-refractivity contribution in [3.05, 3.63) is 24.3 Å². The molecule has 10 heteroatoms. The number of amides is 1. The summed E-state index contributed by atoms with van der Waals surface area (Å²) in [6.07, 6.45) is 41.3. The van der Waals surface area contributed by atoms with Gasteiger partial charge >= 0.3 is 0 Å². The summed E-state index contributed by atoms with van der Waals surface area (Å²) in [5.41, 5.74) is 0. The Bertz CT molecular complexity index is 1040. The molecule has 1 aliphatic heterocycles. The number of hydrogen-bond donors (Lipinski definition) is 7. The topological polar surface area (TPSA) is 169 Å². The summed E-state index contributed by atoms with van der Waals surface area (Å²) in [7, 11) is 0. The van der Waals surface area contributed by atoms with Gasteiger partial charge < -0.3 is 45.4 Å². The number of ether oxygens (including phenoxy) is 2. The zero-order valence-corrected chi connectivity index (χ0v) is 40.0. The Balaban J connectivity index is 2.32. The standard InChI is InChI=1S/C52H99NO9/c1-3-5-7-9-11-13-15-17-19-20-21-22-23-24-25-27-29-31-33-35-37-39-41-46(56)51(60)53-44(43-61-52-50(59)49(58)48(57)47(42-54)62-52)45(55)40-38-36-34-32-30-28-26-18-16-14-12-10-8-6-4-2/h30,32,38,40,44-50,52,54-59H,3-29,31,33-37,39,41-43H2,1-2H3,(H,53,60)/b32-30+,40-38+. The van der Waals surface area contributed by atoms with E-state index in [1.165, 1.54) is 173 Å². The third-order valence-corrected chi connectivity index (χ3v) is 12.6. The SMILES string of the molecule is CCCCCCCCCCC/C=C/CC/C=C/C(O)C(COC1OC(CO)C(O)C(O)C1O)NC(=O)C(O)CCCCCCCCCCCCCCCCCCCCCCCC. The molecule has 7 N–H and O–H groups in total. The number of unbranched alkanes of at least 4 members (excludes halogenated alkanes) is 31. The summed E-state index contributed by atoms with van der Waals surface area (Å²) in [6.45, 7) is 3.61. The lowest BCUT2D eigenvalue weighted by molar-refractivity contribution is -0.302. The van der Waals surface area contributed by atoms with Crippen LogP contribution in [0.15, 0.2) is 24.3 Å². The van der Waals surface area contributed by atoms with E-state index in [2.05, 4.69) is 31.3 Å². The van der Waals surface area contributed by atoms with E-state index in [0.717, 1.165) is 38.5 Å². The molecule has 10 nitrogen and oxygen atoms in total. The zero-order chi connectivity index (χ0) is 45.3. The summed E-state index contributed by atoms with van der Waals surface area (Å²) >= 11 is 0. The Morgan fingerprint density at radius 1 is 0.548 bits per heavy atom. The van der Waals surface area contributed by atoms with Gasteiger partial charge in [0, 0.05) is 0 Å². The fourth-order valence-corrected chi connectivity index (χ4v) is 8.36. The van der Waals surface area contributed by atoms with Crippen molar-refractivity contribution in [1.82, 2.24) is 5.32 Å². The number of aliphatic hydroxyl groups is 6. The van der Waals surface area contributed by atoms with Crippen molar-refractivity contribution in [1.29, 1.82) is 0 Å². The molecule has 0 saturated carbocycles. The van der Waals surface area contributed by atoms with Crippen LogP contribution in [0.5, 0.6) is 0 Å². The predicted molar refractivity (Wildman–Crippen MR) is 255 cm³/mol. The quantitative estimate of drug-likeness (QED) is 0.0233. The molecule has 0 spiro atoms. The number of hydrogen-bond acceptors (Lipinski definition) is 9. The number of carbonyl (C=O) groups excluding carboxylic acids is 1. The van der Waals surface area contributed by atoms with E-state index in [0.29, 0.717) is 12.8 Å². The second-order valence-corrected chi connectivity index (χ2v) is 18.5. The molecule has 1 heterocycles. The Labute approximate surface area is 380 Å². The van der Waals surface area contributed by atoms with Gasteiger partial charge in [-0.2, -0.15) is 0 Å². The van der Waals surface area contributed by atoms with Gasteiger partial charge in [-0.05, 0) is 32.1 Å². The number of allylic oxidation sites excluding steroid dienone is 3. The molecular formula is C52H99NO9. The van der Waals surface area contributed by atoms with Crippen molar-refractivity contribution in [3.63, 3.8) is 0 Å². The smallest absolute Gasteiger partial charge is 0.249 e. The number of aliphatic hydroxyl groups excluding tert-OH is 6. The molecule has 0 aromatic rings. The summed E-state index contributed by atoms with van der Waals surface area (Å²) in [5, 5.41) is 64.8.